The maximum absolute atomic E-state index is 11.2. The van der Waals surface area contributed by atoms with E-state index >= 15 is 0 Å². The van der Waals surface area contributed by atoms with Crippen LogP contribution in [0.25, 0.3) is 0 Å². The van der Waals surface area contributed by atoms with E-state index in [1.807, 2.05) is 11.8 Å². The number of nitrogens with two attached hydrogens (primary N) is 1. The molecule has 0 saturated carbocycles. The van der Waals surface area contributed by atoms with E-state index in [1.54, 1.807) is 4.90 Å². The van der Waals surface area contributed by atoms with Crippen LogP contribution < -0.4 is 5.73 Å². The van der Waals surface area contributed by atoms with Gasteiger partial charge < -0.3 is 15.5 Å². The van der Waals surface area contributed by atoms with Crippen LogP contribution in [0, 0.1) is 0 Å². The van der Waals surface area contributed by atoms with Gasteiger partial charge in [0.1, 0.15) is 0 Å². The molecule has 1 heterocycles. The number of rotatable bonds is 6. The van der Waals surface area contributed by atoms with Crippen molar-refractivity contribution in [3.05, 3.63) is 35.9 Å². The van der Waals surface area contributed by atoms with Crippen LogP contribution in [0.1, 0.15) is 18.4 Å². The maximum Gasteiger partial charge on any atom is 0.314 e. The van der Waals surface area contributed by atoms with Gasteiger partial charge in [-0.2, -0.15) is 11.8 Å². The first-order valence-corrected chi connectivity index (χ1v) is 8.79. The Labute approximate surface area is 131 Å². The highest BCUT2D eigenvalue weighted by Gasteiger charge is 2.16. The zero-order valence-corrected chi connectivity index (χ0v) is 13.4. The summed E-state index contributed by atoms with van der Waals surface area (Å²) in [5.41, 5.74) is 6.74. The molecular weight excluding hydrogens is 282 g/mol. The largest absolute Gasteiger partial charge is 0.351 e. The quantitative estimate of drug-likeness (QED) is 0.821. The summed E-state index contributed by atoms with van der Waals surface area (Å²) in [4.78, 5) is 15.4. The summed E-state index contributed by atoms with van der Waals surface area (Å²) in [5.74, 6) is 2.28. The Bertz CT molecular complexity index is 427. The van der Waals surface area contributed by atoms with Crippen LogP contribution in [-0.2, 0) is 5.75 Å². The molecule has 1 fully saturated rings. The van der Waals surface area contributed by atoms with Crippen molar-refractivity contribution < 1.29 is 4.79 Å². The predicted octanol–water partition coefficient (Wildman–Crippen LogP) is 2.40. The summed E-state index contributed by atoms with van der Waals surface area (Å²) in [6.45, 7) is 4.72. The van der Waals surface area contributed by atoms with Crippen molar-refractivity contribution >= 4 is 17.8 Å². The molecule has 21 heavy (non-hydrogen) atoms. The number of nitrogens with zero attached hydrogens (tertiary/aromatic N) is 2. The molecule has 116 valence electrons. The van der Waals surface area contributed by atoms with E-state index < -0.39 is 0 Å². The summed E-state index contributed by atoms with van der Waals surface area (Å²) < 4.78 is 0. The van der Waals surface area contributed by atoms with Crippen molar-refractivity contribution in [1.82, 2.24) is 9.80 Å². The summed E-state index contributed by atoms with van der Waals surface area (Å²) in [6, 6.07) is 10.3. The first kappa shape index (κ1) is 16.2. The number of carbonyl (C=O) groups is 1. The zero-order valence-electron chi connectivity index (χ0n) is 12.5. The first-order valence-electron chi connectivity index (χ1n) is 7.64. The molecular formula is C16H25N3OS. The highest BCUT2D eigenvalue weighted by molar-refractivity contribution is 7.98. The Morgan fingerprint density at radius 3 is 2.71 bits per heavy atom. The van der Waals surface area contributed by atoms with Gasteiger partial charge in [0.2, 0.25) is 0 Å². The van der Waals surface area contributed by atoms with Gasteiger partial charge in [-0.05, 0) is 37.2 Å². The lowest BCUT2D eigenvalue weighted by Crippen LogP contribution is -2.38. The van der Waals surface area contributed by atoms with Crippen LogP contribution >= 0.6 is 11.8 Å². The van der Waals surface area contributed by atoms with E-state index in [4.69, 9.17) is 5.73 Å². The SMILES string of the molecule is NC(=O)N1CCCN(CCCSCc2ccccc2)CC1. The predicted molar refractivity (Wildman–Crippen MR) is 89.4 cm³/mol. The maximum atomic E-state index is 11.2. The third-order valence-corrected chi connectivity index (χ3v) is 4.89. The minimum atomic E-state index is -0.282. The summed E-state index contributed by atoms with van der Waals surface area (Å²) in [5, 5.41) is 0. The molecule has 0 spiro atoms. The Morgan fingerprint density at radius 2 is 1.95 bits per heavy atom. The molecule has 1 saturated heterocycles. The molecule has 1 aromatic carbocycles. The van der Waals surface area contributed by atoms with Gasteiger partial charge in [-0.3, -0.25) is 0 Å². The molecule has 0 bridgehead atoms. The van der Waals surface area contributed by atoms with E-state index in [2.05, 4.69) is 35.2 Å². The molecule has 0 radical (unpaired) electrons. The summed E-state index contributed by atoms with van der Waals surface area (Å²) in [6.07, 6.45) is 2.23. The second-order valence-corrected chi connectivity index (χ2v) is 6.52. The Balaban J connectivity index is 1.57. The fourth-order valence-electron chi connectivity index (χ4n) is 2.57. The van der Waals surface area contributed by atoms with Gasteiger partial charge in [0.15, 0.2) is 0 Å². The van der Waals surface area contributed by atoms with Gasteiger partial charge in [0.05, 0.1) is 0 Å². The van der Waals surface area contributed by atoms with Gasteiger partial charge in [0.25, 0.3) is 0 Å². The van der Waals surface area contributed by atoms with Crippen LogP contribution in [0.15, 0.2) is 30.3 Å². The van der Waals surface area contributed by atoms with Gasteiger partial charge in [-0.1, -0.05) is 30.3 Å². The first-order chi connectivity index (χ1) is 10.3. The topological polar surface area (TPSA) is 49.6 Å². The average molecular weight is 307 g/mol. The lowest BCUT2D eigenvalue weighted by molar-refractivity contribution is 0.207. The van der Waals surface area contributed by atoms with Crippen molar-refractivity contribution in [3.8, 4) is 0 Å². The second-order valence-electron chi connectivity index (χ2n) is 5.41. The molecule has 2 amide bonds. The minimum Gasteiger partial charge on any atom is -0.351 e. The number of hydrogen-bond acceptors (Lipinski definition) is 3. The summed E-state index contributed by atoms with van der Waals surface area (Å²) in [7, 11) is 0. The molecule has 2 rings (SSSR count). The van der Waals surface area contributed by atoms with Crippen LogP contribution in [0.2, 0.25) is 0 Å². The third-order valence-electron chi connectivity index (χ3n) is 3.77. The van der Waals surface area contributed by atoms with E-state index in [0.717, 1.165) is 44.9 Å². The average Bonchev–Trinajstić information content (AvgIpc) is 2.74. The smallest absolute Gasteiger partial charge is 0.314 e. The van der Waals surface area contributed by atoms with Crippen molar-refractivity contribution in [1.29, 1.82) is 0 Å². The zero-order chi connectivity index (χ0) is 14.9. The Hall–Kier alpha value is -1.20. The Kier molecular flexibility index (Phi) is 6.89. The number of urea groups is 1. The standard InChI is InChI=1S/C16H25N3OS/c17-16(20)19-10-4-8-18(11-12-19)9-5-13-21-14-15-6-2-1-3-7-15/h1-3,6-7H,4-5,8-14H2,(H2,17,20). The lowest BCUT2D eigenvalue weighted by atomic mass is 10.2. The van der Waals surface area contributed by atoms with Gasteiger partial charge in [-0.25, -0.2) is 4.79 Å². The number of amides is 2. The van der Waals surface area contributed by atoms with E-state index in [0.29, 0.717) is 0 Å². The van der Waals surface area contributed by atoms with E-state index in [1.165, 1.54) is 17.7 Å². The molecule has 1 aliphatic rings. The second kappa shape index (κ2) is 8.95. The fourth-order valence-corrected chi connectivity index (χ4v) is 3.48. The van der Waals surface area contributed by atoms with Gasteiger partial charge >= 0.3 is 6.03 Å². The molecule has 5 heteroatoms. The number of primary amides is 1. The molecule has 0 unspecified atom stereocenters. The normalized spacial score (nSPS) is 16.7. The number of thioether (sulfide) groups is 1. The van der Waals surface area contributed by atoms with E-state index in [-0.39, 0.29) is 6.03 Å². The van der Waals surface area contributed by atoms with Crippen molar-refractivity contribution in [2.24, 2.45) is 5.73 Å². The van der Waals surface area contributed by atoms with Crippen molar-refractivity contribution in [3.63, 3.8) is 0 Å². The number of hydrogen-bond donors (Lipinski definition) is 1. The van der Waals surface area contributed by atoms with Crippen LogP contribution in [0.3, 0.4) is 0 Å². The van der Waals surface area contributed by atoms with Crippen LogP contribution in [0.4, 0.5) is 4.79 Å². The number of carbonyl (C=O) groups excluding carboxylic acids is 1. The third kappa shape index (κ3) is 5.98. The molecule has 0 aliphatic carbocycles. The van der Waals surface area contributed by atoms with Crippen molar-refractivity contribution in [2.45, 2.75) is 18.6 Å². The molecule has 0 atom stereocenters. The molecule has 1 aliphatic heterocycles. The fraction of sp³-hybridized carbons (Fsp3) is 0.562. The lowest BCUT2D eigenvalue weighted by Gasteiger charge is -2.20. The monoisotopic (exact) mass is 307 g/mol. The highest BCUT2D eigenvalue weighted by Crippen LogP contribution is 2.13. The minimum absolute atomic E-state index is 0.282. The van der Waals surface area contributed by atoms with Gasteiger partial charge in [-0.15, -0.1) is 0 Å². The molecule has 4 nitrogen and oxygen atoms in total. The summed E-state index contributed by atoms with van der Waals surface area (Å²) >= 11 is 1.99. The molecule has 2 N–H and O–H groups in total. The molecule has 1 aromatic rings. The van der Waals surface area contributed by atoms with Crippen LogP contribution in [0.5, 0.6) is 0 Å². The highest BCUT2D eigenvalue weighted by atomic mass is 32.2. The Morgan fingerprint density at radius 1 is 1.14 bits per heavy atom. The van der Waals surface area contributed by atoms with Crippen molar-refractivity contribution in [2.75, 3.05) is 38.5 Å². The van der Waals surface area contributed by atoms with Gasteiger partial charge in [0, 0.05) is 25.4 Å². The molecule has 0 aromatic heterocycles. The van der Waals surface area contributed by atoms with E-state index in [9.17, 15) is 4.79 Å². The van der Waals surface area contributed by atoms with Crippen LogP contribution in [-0.4, -0.2) is 54.3 Å². The number of benzene rings is 1.